The summed E-state index contributed by atoms with van der Waals surface area (Å²) >= 11 is 0. The van der Waals surface area contributed by atoms with Gasteiger partial charge in [-0.1, -0.05) is 50.8 Å². The summed E-state index contributed by atoms with van der Waals surface area (Å²) in [6, 6.07) is 10.0. The van der Waals surface area contributed by atoms with E-state index in [4.69, 9.17) is 14.2 Å². The molecule has 0 N–H and O–H groups in total. The van der Waals surface area contributed by atoms with Gasteiger partial charge in [-0.25, -0.2) is 4.79 Å². The highest BCUT2D eigenvalue weighted by Gasteiger charge is 2.40. The summed E-state index contributed by atoms with van der Waals surface area (Å²) < 4.78 is 16.3. The molecule has 0 unspecified atom stereocenters. The Labute approximate surface area is 132 Å². The number of cyclic esters (lactones) is 2. The van der Waals surface area contributed by atoms with Gasteiger partial charge in [-0.3, -0.25) is 0 Å². The van der Waals surface area contributed by atoms with Crippen LogP contribution in [0.3, 0.4) is 0 Å². The van der Waals surface area contributed by atoms with Crippen LogP contribution in [0, 0.1) is 11.8 Å². The van der Waals surface area contributed by atoms with Gasteiger partial charge >= 0.3 is 6.16 Å². The third-order valence-corrected chi connectivity index (χ3v) is 3.99. The lowest BCUT2D eigenvalue weighted by Crippen LogP contribution is -2.46. The van der Waals surface area contributed by atoms with E-state index in [0.717, 1.165) is 11.1 Å². The van der Waals surface area contributed by atoms with Gasteiger partial charge in [-0.15, -0.1) is 0 Å². The number of carbonyl (C=O) groups excluding carboxylic acids is 1. The van der Waals surface area contributed by atoms with Gasteiger partial charge in [-0.2, -0.15) is 0 Å². The average molecular weight is 304 g/mol. The van der Waals surface area contributed by atoms with Crippen LogP contribution in [0.25, 0.3) is 0 Å². The zero-order valence-corrected chi connectivity index (χ0v) is 13.5. The van der Waals surface area contributed by atoms with Crippen molar-refractivity contribution < 1.29 is 19.0 Å². The number of rotatable bonds is 6. The van der Waals surface area contributed by atoms with E-state index < -0.39 is 6.16 Å². The molecule has 0 saturated carbocycles. The standard InChI is InChI=1S/C18H24O4/c1-12(2)16-14(4)17(22-18(19)21-16)13(3)10-20-11-15-8-6-5-7-9-15/h5-9,13-14,16-17H,1,10-11H2,2-4H3/t13-,14-,16-,17+/m1/s1. The number of hydrogen-bond donors (Lipinski definition) is 0. The van der Waals surface area contributed by atoms with Crippen molar-refractivity contribution in [2.45, 2.75) is 39.6 Å². The lowest BCUT2D eigenvalue weighted by molar-refractivity contribution is -0.110. The summed E-state index contributed by atoms with van der Waals surface area (Å²) in [6.45, 7) is 10.9. The second-order valence-electron chi connectivity index (χ2n) is 6.05. The first-order chi connectivity index (χ1) is 10.5. The molecule has 2 rings (SSSR count). The second-order valence-corrected chi connectivity index (χ2v) is 6.05. The summed E-state index contributed by atoms with van der Waals surface area (Å²) in [6.07, 6.45) is -1.13. The molecule has 120 valence electrons. The predicted octanol–water partition coefficient (Wildman–Crippen LogP) is 3.96. The van der Waals surface area contributed by atoms with E-state index in [1.165, 1.54) is 0 Å². The third kappa shape index (κ3) is 4.10. The van der Waals surface area contributed by atoms with Crippen LogP contribution in [0.15, 0.2) is 42.5 Å². The van der Waals surface area contributed by atoms with Crippen LogP contribution in [-0.2, 0) is 20.8 Å². The van der Waals surface area contributed by atoms with Crippen molar-refractivity contribution in [2.75, 3.05) is 6.61 Å². The maximum atomic E-state index is 11.6. The van der Waals surface area contributed by atoms with E-state index in [1.807, 2.05) is 51.1 Å². The smallest absolute Gasteiger partial charge is 0.430 e. The number of carbonyl (C=O) groups is 1. The van der Waals surface area contributed by atoms with E-state index >= 15 is 0 Å². The molecule has 4 heteroatoms. The maximum Gasteiger partial charge on any atom is 0.509 e. The predicted molar refractivity (Wildman–Crippen MR) is 84.4 cm³/mol. The van der Waals surface area contributed by atoms with Gasteiger partial charge in [0.1, 0.15) is 12.2 Å². The molecule has 0 bridgehead atoms. The van der Waals surface area contributed by atoms with Gasteiger partial charge < -0.3 is 14.2 Å². The van der Waals surface area contributed by atoms with Crippen LogP contribution in [0.1, 0.15) is 26.3 Å². The monoisotopic (exact) mass is 304 g/mol. The Morgan fingerprint density at radius 1 is 1.32 bits per heavy atom. The first-order valence-electron chi connectivity index (χ1n) is 7.63. The molecule has 4 atom stereocenters. The van der Waals surface area contributed by atoms with E-state index in [1.54, 1.807) is 0 Å². The lowest BCUT2D eigenvalue weighted by atomic mass is 9.86. The second kappa shape index (κ2) is 7.45. The van der Waals surface area contributed by atoms with Crippen molar-refractivity contribution in [3.63, 3.8) is 0 Å². The van der Waals surface area contributed by atoms with Crippen molar-refractivity contribution in [3.8, 4) is 0 Å². The van der Waals surface area contributed by atoms with E-state index in [0.29, 0.717) is 13.2 Å². The molecule has 1 saturated heterocycles. The Bertz CT molecular complexity index is 511. The van der Waals surface area contributed by atoms with Crippen molar-refractivity contribution in [2.24, 2.45) is 11.8 Å². The number of ether oxygens (including phenoxy) is 3. The van der Waals surface area contributed by atoms with Gasteiger partial charge in [-0.05, 0) is 18.1 Å². The molecular weight excluding hydrogens is 280 g/mol. The topological polar surface area (TPSA) is 44.8 Å². The molecule has 0 spiro atoms. The van der Waals surface area contributed by atoms with Crippen LogP contribution in [0.4, 0.5) is 4.79 Å². The molecule has 0 radical (unpaired) electrons. The first-order valence-corrected chi connectivity index (χ1v) is 7.63. The number of hydrogen-bond acceptors (Lipinski definition) is 4. The van der Waals surface area contributed by atoms with Crippen LogP contribution < -0.4 is 0 Å². The van der Waals surface area contributed by atoms with Crippen LogP contribution in [0.2, 0.25) is 0 Å². The van der Waals surface area contributed by atoms with Crippen molar-refractivity contribution >= 4 is 6.16 Å². The van der Waals surface area contributed by atoms with Crippen molar-refractivity contribution in [1.82, 2.24) is 0 Å². The highest BCUT2D eigenvalue weighted by atomic mass is 16.7. The fourth-order valence-electron chi connectivity index (χ4n) is 2.84. The fourth-order valence-corrected chi connectivity index (χ4v) is 2.84. The van der Waals surface area contributed by atoms with Crippen molar-refractivity contribution in [3.05, 3.63) is 48.0 Å². The van der Waals surface area contributed by atoms with E-state index in [9.17, 15) is 4.79 Å². The van der Waals surface area contributed by atoms with E-state index in [-0.39, 0.29) is 24.0 Å². The highest BCUT2D eigenvalue weighted by molar-refractivity contribution is 5.62. The zero-order valence-electron chi connectivity index (χ0n) is 13.5. The Morgan fingerprint density at radius 3 is 2.64 bits per heavy atom. The molecule has 1 aromatic rings. The van der Waals surface area contributed by atoms with Gasteiger partial charge in [0.2, 0.25) is 0 Å². The summed E-state index contributed by atoms with van der Waals surface area (Å²) in [4.78, 5) is 11.6. The average Bonchev–Trinajstić information content (AvgIpc) is 2.50. The molecule has 1 fully saturated rings. The van der Waals surface area contributed by atoms with Crippen LogP contribution in [0.5, 0.6) is 0 Å². The molecule has 4 nitrogen and oxygen atoms in total. The maximum absolute atomic E-state index is 11.6. The molecule has 1 aliphatic rings. The van der Waals surface area contributed by atoms with E-state index in [2.05, 4.69) is 6.58 Å². The minimum Gasteiger partial charge on any atom is -0.430 e. The minimum atomic E-state index is -0.619. The normalized spacial score (nSPS) is 26.0. The molecule has 22 heavy (non-hydrogen) atoms. The lowest BCUT2D eigenvalue weighted by Gasteiger charge is -2.38. The van der Waals surface area contributed by atoms with Gasteiger partial charge in [0.15, 0.2) is 0 Å². The Morgan fingerprint density at radius 2 is 2.00 bits per heavy atom. The first kappa shape index (κ1) is 16.6. The molecule has 0 aliphatic carbocycles. The van der Waals surface area contributed by atoms with Gasteiger partial charge in [0.25, 0.3) is 0 Å². The highest BCUT2D eigenvalue weighted by Crippen LogP contribution is 2.30. The minimum absolute atomic E-state index is 0.0607. The SMILES string of the molecule is C=C(C)[C@H]1OC(=O)O[C@@H]([C@H](C)COCc2ccccc2)[C@@H]1C. The quantitative estimate of drug-likeness (QED) is 0.589. The summed E-state index contributed by atoms with van der Waals surface area (Å²) in [5.74, 6) is 0.152. The Hall–Kier alpha value is -1.81. The van der Waals surface area contributed by atoms with Crippen molar-refractivity contribution in [1.29, 1.82) is 0 Å². The molecule has 1 aromatic carbocycles. The summed E-state index contributed by atoms with van der Waals surface area (Å²) in [7, 11) is 0. The largest absolute Gasteiger partial charge is 0.509 e. The summed E-state index contributed by atoms with van der Waals surface area (Å²) in [5.41, 5.74) is 1.97. The fraction of sp³-hybridized carbons (Fsp3) is 0.500. The molecular formula is C18H24O4. The van der Waals surface area contributed by atoms with Crippen LogP contribution >= 0.6 is 0 Å². The molecule has 1 heterocycles. The van der Waals surface area contributed by atoms with Crippen LogP contribution in [-0.4, -0.2) is 25.0 Å². The third-order valence-electron chi connectivity index (χ3n) is 3.99. The zero-order chi connectivity index (χ0) is 16.1. The summed E-state index contributed by atoms with van der Waals surface area (Å²) in [5, 5.41) is 0. The molecule has 0 aromatic heterocycles. The molecule has 0 amide bonds. The van der Waals surface area contributed by atoms with Gasteiger partial charge in [0, 0.05) is 11.8 Å². The van der Waals surface area contributed by atoms with Gasteiger partial charge in [0.05, 0.1) is 13.2 Å². The number of benzene rings is 1. The Balaban J connectivity index is 1.89. The molecule has 1 aliphatic heterocycles. The Kier molecular flexibility index (Phi) is 5.61.